The number of methoxy groups -OCH3 is 3. The molecule has 9 heteroatoms. The molecule has 0 unspecified atom stereocenters. The summed E-state index contributed by atoms with van der Waals surface area (Å²) >= 11 is 0. The normalized spacial score (nSPS) is 11.1. The summed E-state index contributed by atoms with van der Waals surface area (Å²) in [4.78, 5) is 16.0. The van der Waals surface area contributed by atoms with Gasteiger partial charge in [0.25, 0.3) is 0 Å². The fraction of sp³-hybridized carbons (Fsp3) is 0.556. The summed E-state index contributed by atoms with van der Waals surface area (Å²) in [6.45, 7) is 6.31. The molecule has 8 nitrogen and oxygen atoms in total. The summed E-state index contributed by atoms with van der Waals surface area (Å²) in [6, 6.07) is 3.57. The van der Waals surface area contributed by atoms with Crippen LogP contribution >= 0.6 is 24.0 Å². The third-order valence-corrected chi connectivity index (χ3v) is 3.40. The zero-order valence-corrected chi connectivity index (χ0v) is 19.4. The topological polar surface area (TPSA) is 93.2 Å². The van der Waals surface area contributed by atoms with Crippen LogP contribution in [0.1, 0.15) is 26.3 Å². The molecule has 1 aromatic carbocycles. The second kappa shape index (κ2) is 11.7. The highest BCUT2D eigenvalue weighted by molar-refractivity contribution is 14.0. The van der Waals surface area contributed by atoms with Crippen LogP contribution in [-0.2, 0) is 11.3 Å². The number of guanidine groups is 1. The average Bonchev–Trinajstić information content (AvgIpc) is 2.59. The molecule has 1 amide bonds. The molecule has 0 aliphatic heterocycles. The molecule has 0 aliphatic rings. The maximum Gasteiger partial charge on any atom is 0.239 e. The molecule has 0 saturated carbocycles. The Labute approximate surface area is 178 Å². The number of aliphatic imine (C=N–C) groups is 1. The van der Waals surface area contributed by atoms with E-state index < -0.39 is 0 Å². The number of rotatable bonds is 7. The van der Waals surface area contributed by atoms with E-state index in [0.717, 1.165) is 5.56 Å². The van der Waals surface area contributed by atoms with E-state index in [1.54, 1.807) is 40.5 Å². The van der Waals surface area contributed by atoms with Crippen LogP contribution in [-0.4, -0.2) is 52.3 Å². The van der Waals surface area contributed by atoms with E-state index >= 15 is 0 Å². The first kappa shape index (κ1) is 25.1. The van der Waals surface area contributed by atoms with Crippen LogP contribution in [0.25, 0.3) is 0 Å². The van der Waals surface area contributed by atoms with Crippen molar-refractivity contribution in [3.63, 3.8) is 0 Å². The Morgan fingerprint density at radius 3 is 2.00 bits per heavy atom. The van der Waals surface area contributed by atoms with Gasteiger partial charge >= 0.3 is 0 Å². The quantitative estimate of drug-likeness (QED) is 0.305. The number of carbonyl (C=O) groups excluding carboxylic acids is 1. The number of benzene rings is 1. The fourth-order valence-corrected chi connectivity index (χ4v) is 2.27. The number of halogens is 1. The molecule has 0 heterocycles. The van der Waals surface area contributed by atoms with Gasteiger partial charge in [0.2, 0.25) is 5.91 Å². The van der Waals surface area contributed by atoms with E-state index in [1.807, 2.05) is 20.8 Å². The third kappa shape index (κ3) is 8.55. The molecule has 0 radical (unpaired) electrons. The zero-order valence-electron chi connectivity index (χ0n) is 17.1. The fourth-order valence-electron chi connectivity index (χ4n) is 2.27. The Bertz CT molecular complexity index is 620. The molecule has 1 aromatic rings. The Hall–Kier alpha value is -1.91. The predicted octanol–water partition coefficient (Wildman–Crippen LogP) is 1.91. The molecule has 0 aliphatic carbocycles. The predicted molar refractivity (Wildman–Crippen MR) is 118 cm³/mol. The highest BCUT2D eigenvalue weighted by Crippen LogP contribution is 2.33. The number of hydrogen-bond acceptors (Lipinski definition) is 5. The van der Waals surface area contributed by atoms with Crippen LogP contribution in [0.2, 0.25) is 0 Å². The SMILES string of the molecule is CN=C(NCC(=O)NC(C)(C)C)NCc1c(OC)cc(OC)cc1OC.I. The van der Waals surface area contributed by atoms with Crippen molar-refractivity contribution >= 4 is 35.8 Å². The van der Waals surface area contributed by atoms with Gasteiger partial charge in [-0.1, -0.05) is 0 Å². The molecular formula is C18H31IN4O4. The standard InChI is InChI=1S/C18H30N4O4.HI/c1-18(2,3)22-16(23)11-21-17(19-4)20-10-13-14(25-6)8-12(24-5)9-15(13)26-7;/h8-9H,10-11H2,1-7H3,(H,22,23)(H2,19,20,21);1H. The van der Waals surface area contributed by atoms with Crippen LogP contribution < -0.4 is 30.2 Å². The lowest BCUT2D eigenvalue weighted by Crippen LogP contribution is -2.48. The van der Waals surface area contributed by atoms with Crippen LogP contribution in [0.4, 0.5) is 0 Å². The van der Waals surface area contributed by atoms with Crippen LogP contribution in [0.5, 0.6) is 17.2 Å². The van der Waals surface area contributed by atoms with Gasteiger partial charge in [-0.05, 0) is 20.8 Å². The van der Waals surface area contributed by atoms with E-state index in [-0.39, 0.29) is 42.0 Å². The maximum absolute atomic E-state index is 11.9. The summed E-state index contributed by atoms with van der Waals surface area (Å²) in [7, 11) is 6.39. The van der Waals surface area contributed by atoms with Gasteiger partial charge in [0.05, 0.1) is 40.0 Å². The van der Waals surface area contributed by atoms with Crippen LogP contribution in [0.3, 0.4) is 0 Å². The Morgan fingerprint density at radius 2 is 1.59 bits per heavy atom. The summed E-state index contributed by atoms with van der Waals surface area (Å²) in [5, 5.41) is 9.01. The molecular weight excluding hydrogens is 463 g/mol. The zero-order chi connectivity index (χ0) is 19.7. The Kier molecular flexibility index (Phi) is 10.9. The molecule has 0 bridgehead atoms. The van der Waals surface area contributed by atoms with Crippen molar-refractivity contribution in [2.24, 2.45) is 4.99 Å². The monoisotopic (exact) mass is 494 g/mol. The second-order valence-corrected chi connectivity index (χ2v) is 6.59. The lowest BCUT2D eigenvalue weighted by molar-refractivity contribution is -0.121. The van der Waals surface area contributed by atoms with Crippen LogP contribution in [0, 0.1) is 0 Å². The molecule has 0 spiro atoms. The van der Waals surface area contributed by atoms with Crippen LogP contribution in [0.15, 0.2) is 17.1 Å². The van der Waals surface area contributed by atoms with Gasteiger partial charge in [-0.2, -0.15) is 0 Å². The highest BCUT2D eigenvalue weighted by atomic mass is 127. The third-order valence-electron chi connectivity index (χ3n) is 3.40. The van der Waals surface area contributed by atoms with E-state index in [0.29, 0.717) is 29.8 Å². The first-order chi connectivity index (χ1) is 12.2. The van der Waals surface area contributed by atoms with Crippen molar-refractivity contribution in [1.82, 2.24) is 16.0 Å². The highest BCUT2D eigenvalue weighted by Gasteiger charge is 2.15. The van der Waals surface area contributed by atoms with Crippen molar-refractivity contribution in [1.29, 1.82) is 0 Å². The van der Waals surface area contributed by atoms with E-state index in [9.17, 15) is 4.79 Å². The van der Waals surface area contributed by atoms with Gasteiger partial charge in [0.1, 0.15) is 17.2 Å². The Morgan fingerprint density at radius 1 is 1.04 bits per heavy atom. The van der Waals surface area contributed by atoms with Gasteiger partial charge < -0.3 is 30.2 Å². The van der Waals surface area contributed by atoms with Crippen molar-refractivity contribution in [3.8, 4) is 17.2 Å². The van der Waals surface area contributed by atoms with Gasteiger partial charge in [-0.15, -0.1) is 24.0 Å². The first-order valence-corrected chi connectivity index (χ1v) is 8.28. The van der Waals surface area contributed by atoms with Gasteiger partial charge in [-0.25, -0.2) is 0 Å². The Balaban J connectivity index is 0.00000676. The van der Waals surface area contributed by atoms with E-state index in [4.69, 9.17) is 14.2 Å². The summed E-state index contributed by atoms with van der Waals surface area (Å²) in [5.74, 6) is 2.29. The van der Waals surface area contributed by atoms with Crippen molar-refractivity contribution in [2.45, 2.75) is 32.9 Å². The molecule has 27 heavy (non-hydrogen) atoms. The molecule has 1 rings (SSSR count). The summed E-state index contributed by atoms with van der Waals surface area (Å²) in [5.41, 5.74) is 0.539. The van der Waals surface area contributed by atoms with E-state index in [1.165, 1.54) is 0 Å². The smallest absolute Gasteiger partial charge is 0.239 e. The van der Waals surface area contributed by atoms with E-state index in [2.05, 4.69) is 20.9 Å². The first-order valence-electron chi connectivity index (χ1n) is 8.28. The minimum absolute atomic E-state index is 0. The number of amides is 1. The van der Waals surface area contributed by atoms with Gasteiger partial charge in [-0.3, -0.25) is 9.79 Å². The number of ether oxygens (including phenoxy) is 3. The van der Waals surface area contributed by atoms with Crippen molar-refractivity contribution in [2.75, 3.05) is 34.9 Å². The van der Waals surface area contributed by atoms with Crippen molar-refractivity contribution in [3.05, 3.63) is 17.7 Å². The molecule has 3 N–H and O–H groups in total. The maximum atomic E-state index is 11.9. The largest absolute Gasteiger partial charge is 0.496 e. The summed E-state index contributed by atoms with van der Waals surface area (Å²) < 4.78 is 16.1. The number of carbonyl (C=O) groups is 1. The number of hydrogen-bond donors (Lipinski definition) is 3. The lowest BCUT2D eigenvalue weighted by Gasteiger charge is -2.21. The van der Waals surface area contributed by atoms with Gasteiger partial charge in [0.15, 0.2) is 5.96 Å². The lowest BCUT2D eigenvalue weighted by atomic mass is 10.1. The molecule has 0 saturated heterocycles. The second-order valence-electron chi connectivity index (χ2n) is 6.59. The van der Waals surface area contributed by atoms with Crippen molar-refractivity contribution < 1.29 is 19.0 Å². The summed E-state index contributed by atoms with van der Waals surface area (Å²) in [6.07, 6.45) is 0. The van der Waals surface area contributed by atoms with Gasteiger partial charge in [0, 0.05) is 24.7 Å². The molecule has 154 valence electrons. The average molecular weight is 494 g/mol. The number of nitrogens with one attached hydrogen (secondary N) is 3. The minimum atomic E-state index is -0.278. The molecule has 0 atom stereocenters. The molecule has 0 fully saturated rings. The minimum Gasteiger partial charge on any atom is -0.496 e. The number of nitrogens with zero attached hydrogens (tertiary/aromatic N) is 1. The molecule has 0 aromatic heterocycles.